The van der Waals surface area contributed by atoms with Crippen LogP contribution in [0.5, 0.6) is 0 Å². The summed E-state index contributed by atoms with van der Waals surface area (Å²) in [5.74, 6) is -0.577. The number of rotatable bonds is 4. The highest BCUT2D eigenvalue weighted by Gasteiger charge is 2.45. The fourth-order valence-corrected chi connectivity index (χ4v) is 5.56. The van der Waals surface area contributed by atoms with E-state index in [1.807, 2.05) is 13.0 Å². The molecule has 0 aromatic heterocycles. The Morgan fingerprint density at radius 1 is 1.15 bits per heavy atom. The fourth-order valence-electron chi connectivity index (χ4n) is 3.47. The summed E-state index contributed by atoms with van der Waals surface area (Å²) < 4.78 is 27.6. The average molecular weight is 433 g/mol. The molecule has 1 N–H and O–H groups in total. The largest absolute Gasteiger partial charge is 0.273 e. The Bertz CT molecular complexity index is 991. The van der Waals surface area contributed by atoms with Gasteiger partial charge in [-0.3, -0.25) is 4.79 Å². The van der Waals surface area contributed by atoms with Gasteiger partial charge in [-0.25, -0.2) is 13.1 Å². The smallest absolute Gasteiger partial charge is 0.265 e. The number of fused-ring (bicyclic) bond motifs is 1. The Kier molecular flexibility index (Phi) is 5.28. The molecule has 0 saturated heterocycles. The minimum Gasteiger partial charge on any atom is -0.273 e. The van der Waals surface area contributed by atoms with Crippen molar-refractivity contribution in [2.45, 2.75) is 36.5 Å². The van der Waals surface area contributed by atoms with Crippen molar-refractivity contribution in [1.29, 1.82) is 0 Å². The zero-order valence-electron chi connectivity index (χ0n) is 13.9. The summed E-state index contributed by atoms with van der Waals surface area (Å²) in [6.07, 6.45) is 1.58. The molecular weight excluding hydrogens is 417 g/mol. The fraction of sp³-hybridized carbons (Fsp3) is 0.278. The molecule has 0 bridgehead atoms. The van der Waals surface area contributed by atoms with E-state index in [0.717, 1.165) is 11.1 Å². The van der Waals surface area contributed by atoms with E-state index in [1.165, 1.54) is 18.2 Å². The molecule has 1 amide bonds. The number of carbonyl (C=O) groups is 1. The maximum absolute atomic E-state index is 13.0. The SMILES string of the molecule is CCC1(C(=O)NS(=O)(=O)c2ccc(Cl)cc2Cl)CCc2c(Cl)cccc21. The Balaban J connectivity index is 1.98. The van der Waals surface area contributed by atoms with Gasteiger partial charge in [-0.05, 0) is 54.7 Å². The van der Waals surface area contributed by atoms with E-state index in [4.69, 9.17) is 34.8 Å². The number of amides is 1. The highest BCUT2D eigenvalue weighted by Crippen LogP contribution is 2.44. The zero-order chi connectivity index (χ0) is 19.1. The predicted molar refractivity (Wildman–Crippen MR) is 104 cm³/mol. The summed E-state index contributed by atoms with van der Waals surface area (Å²) in [6.45, 7) is 1.86. The lowest BCUT2D eigenvalue weighted by atomic mass is 9.79. The van der Waals surface area contributed by atoms with Crippen LogP contribution in [0.25, 0.3) is 0 Å². The van der Waals surface area contributed by atoms with E-state index < -0.39 is 21.3 Å². The van der Waals surface area contributed by atoms with E-state index in [9.17, 15) is 13.2 Å². The van der Waals surface area contributed by atoms with Crippen molar-refractivity contribution in [3.63, 3.8) is 0 Å². The predicted octanol–water partition coefficient (Wildman–Crippen LogP) is 4.75. The summed E-state index contributed by atoms with van der Waals surface area (Å²) >= 11 is 18.1. The highest BCUT2D eigenvalue weighted by atomic mass is 35.5. The second kappa shape index (κ2) is 7.04. The van der Waals surface area contributed by atoms with Crippen LogP contribution in [-0.2, 0) is 26.7 Å². The van der Waals surface area contributed by atoms with E-state index in [2.05, 4.69) is 4.72 Å². The third-order valence-corrected chi connectivity index (χ3v) is 7.29. The van der Waals surface area contributed by atoms with Gasteiger partial charge >= 0.3 is 0 Å². The lowest BCUT2D eigenvalue weighted by Gasteiger charge is -2.27. The molecule has 8 heteroatoms. The summed E-state index contributed by atoms with van der Waals surface area (Å²) in [4.78, 5) is 12.8. The molecule has 2 aromatic rings. The summed E-state index contributed by atoms with van der Waals surface area (Å²) in [5, 5.41) is 0.858. The standard InChI is InChI=1S/C18H16Cl3NO3S/c1-2-18(9-8-12-13(18)4-3-5-14(12)20)17(23)22-26(24,25)16-7-6-11(19)10-15(16)21/h3-7,10H,2,8-9H2,1H3,(H,22,23). The van der Waals surface area contributed by atoms with Crippen LogP contribution in [0.1, 0.15) is 30.9 Å². The minimum absolute atomic E-state index is 0.0433. The van der Waals surface area contributed by atoms with Gasteiger partial charge in [0, 0.05) is 10.0 Å². The molecule has 1 aliphatic rings. The maximum atomic E-state index is 13.0. The quantitative estimate of drug-likeness (QED) is 0.758. The maximum Gasteiger partial charge on any atom is 0.265 e. The molecule has 1 unspecified atom stereocenters. The van der Waals surface area contributed by atoms with Gasteiger partial charge in [-0.2, -0.15) is 0 Å². The molecule has 138 valence electrons. The van der Waals surface area contributed by atoms with E-state index in [0.29, 0.717) is 29.3 Å². The first-order chi connectivity index (χ1) is 12.2. The third kappa shape index (κ3) is 3.22. The number of hydrogen-bond acceptors (Lipinski definition) is 3. The van der Waals surface area contributed by atoms with Crippen LogP contribution in [0.2, 0.25) is 15.1 Å². The van der Waals surface area contributed by atoms with Crippen LogP contribution < -0.4 is 4.72 Å². The van der Waals surface area contributed by atoms with Crippen LogP contribution >= 0.6 is 34.8 Å². The van der Waals surface area contributed by atoms with Crippen molar-refractivity contribution in [3.05, 3.63) is 62.6 Å². The van der Waals surface area contributed by atoms with Gasteiger partial charge < -0.3 is 0 Å². The van der Waals surface area contributed by atoms with Gasteiger partial charge in [0.25, 0.3) is 10.0 Å². The van der Waals surface area contributed by atoms with Crippen LogP contribution in [0.4, 0.5) is 0 Å². The Morgan fingerprint density at radius 2 is 1.88 bits per heavy atom. The normalized spacial score (nSPS) is 19.2. The highest BCUT2D eigenvalue weighted by molar-refractivity contribution is 7.90. The van der Waals surface area contributed by atoms with E-state index in [-0.39, 0.29) is 9.92 Å². The number of benzene rings is 2. The Morgan fingerprint density at radius 3 is 2.54 bits per heavy atom. The van der Waals surface area contributed by atoms with Crippen molar-refractivity contribution < 1.29 is 13.2 Å². The first kappa shape index (κ1) is 19.5. The number of halogens is 3. The van der Waals surface area contributed by atoms with Gasteiger partial charge in [0.2, 0.25) is 5.91 Å². The molecule has 1 atom stereocenters. The molecule has 26 heavy (non-hydrogen) atoms. The number of nitrogens with one attached hydrogen (secondary N) is 1. The lowest BCUT2D eigenvalue weighted by molar-refractivity contribution is -0.125. The topological polar surface area (TPSA) is 63.2 Å². The molecular formula is C18H16Cl3NO3S. The van der Waals surface area contributed by atoms with Crippen LogP contribution in [0.3, 0.4) is 0 Å². The van der Waals surface area contributed by atoms with Crippen molar-refractivity contribution in [2.75, 3.05) is 0 Å². The van der Waals surface area contributed by atoms with Crippen LogP contribution in [0, 0.1) is 0 Å². The summed E-state index contributed by atoms with van der Waals surface area (Å²) in [7, 11) is -4.13. The molecule has 4 nitrogen and oxygen atoms in total. The molecule has 2 aromatic carbocycles. The van der Waals surface area contributed by atoms with Crippen molar-refractivity contribution >= 4 is 50.7 Å². The average Bonchev–Trinajstić information content (AvgIpc) is 2.95. The molecule has 0 aliphatic heterocycles. The first-order valence-electron chi connectivity index (χ1n) is 8.01. The number of sulfonamides is 1. The summed E-state index contributed by atoms with van der Waals surface area (Å²) in [5.41, 5.74) is 0.738. The summed E-state index contributed by atoms with van der Waals surface area (Å²) in [6, 6.07) is 9.38. The van der Waals surface area contributed by atoms with Crippen LogP contribution in [-0.4, -0.2) is 14.3 Å². The van der Waals surface area contributed by atoms with Crippen molar-refractivity contribution in [2.24, 2.45) is 0 Å². The van der Waals surface area contributed by atoms with Crippen molar-refractivity contribution in [3.8, 4) is 0 Å². The van der Waals surface area contributed by atoms with E-state index >= 15 is 0 Å². The molecule has 3 rings (SSSR count). The first-order valence-corrected chi connectivity index (χ1v) is 10.6. The number of carbonyl (C=O) groups excluding carboxylic acids is 1. The minimum atomic E-state index is -4.13. The molecule has 1 aliphatic carbocycles. The van der Waals surface area contributed by atoms with Crippen molar-refractivity contribution in [1.82, 2.24) is 4.72 Å². The number of hydrogen-bond donors (Lipinski definition) is 1. The van der Waals surface area contributed by atoms with Gasteiger partial charge in [0.1, 0.15) is 4.90 Å². The Hall–Kier alpha value is -1.27. The van der Waals surface area contributed by atoms with Gasteiger partial charge in [0.05, 0.1) is 10.4 Å². The zero-order valence-corrected chi connectivity index (χ0v) is 16.9. The van der Waals surface area contributed by atoms with E-state index in [1.54, 1.807) is 12.1 Å². The molecule has 0 saturated carbocycles. The molecule has 0 spiro atoms. The molecule has 0 radical (unpaired) electrons. The van der Waals surface area contributed by atoms with Gasteiger partial charge in [-0.1, -0.05) is 53.9 Å². The molecule has 0 fully saturated rings. The van der Waals surface area contributed by atoms with Gasteiger partial charge in [0.15, 0.2) is 0 Å². The third-order valence-electron chi connectivity index (χ3n) is 4.88. The Labute approximate surface area is 167 Å². The lowest BCUT2D eigenvalue weighted by Crippen LogP contribution is -2.45. The van der Waals surface area contributed by atoms with Crippen LogP contribution in [0.15, 0.2) is 41.3 Å². The second-order valence-electron chi connectivity index (χ2n) is 6.21. The van der Waals surface area contributed by atoms with Gasteiger partial charge in [-0.15, -0.1) is 0 Å². The monoisotopic (exact) mass is 431 g/mol. The second-order valence-corrected chi connectivity index (χ2v) is 9.11. The molecule has 0 heterocycles.